The summed E-state index contributed by atoms with van der Waals surface area (Å²) in [6.07, 6.45) is 5.33. The Labute approximate surface area is 181 Å². The van der Waals surface area contributed by atoms with Crippen molar-refractivity contribution in [3.8, 4) is 11.8 Å². The molecule has 0 amide bonds. The summed E-state index contributed by atoms with van der Waals surface area (Å²) in [4.78, 5) is 5.92. The fraction of sp³-hybridized carbons (Fsp3) is 0.400. The number of nitriles is 1. The molecule has 10 nitrogen and oxygen atoms in total. The molecule has 3 rings (SSSR count). The molecule has 0 bridgehead atoms. The van der Waals surface area contributed by atoms with Crippen molar-refractivity contribution in [3.63, 3.8) is 0 Å². The first kappa shape index (κ1) is 22.9. The van der Waals surface area contributed by atoms with E-state index in [0.29, 0.717) is 13.1 Å². The molecule has 31 heavy (non-hydrogen) atoms. The van der Waals surface area contributed by atoms with Crippen molar-refractivity contribution >= 4 is 15.9 Å². The number of piperidine rings is 1. The number of anilines is 1. The number of aromatic nitrogens is 1. The molecular formula is C20H26N6O4S. The minimum absolute atomic E-state index is 0.0512. The maximum Gasteiger partial charge on any atom is 0.296 e. The molecule has 2 atom stereocenters. The van der Waals surface area contributed by atoms with Gasteiger partial charge in [0, 0.05) is 31.5 Å². The Morgan fingerprint density at radius 1 is 1.32 bits per heavy atom. The molecule has 0 aliphatic carbocycles. The third-order valence-electron chi connectivity index (χ3n) is 5.05. The number of pyridine rings is 1. The van der Waals surface area contributed by atoms with E-state index in [9.17, 15) is 18.8 Å². The second-order valence-corrected chi connectivity index (χ2v) is 8.54. The standard InChI is InChI=1S/C20H26N6O4S/c21-12-17-18(25-31(22,28)29)5-3-6-19(17)30-14-16-4-1-2-11-26(16)20(27)24-13-15-7-9-23-10-8-15/h3,5-10,16,20,24-25,27H,1-2,4,11,13-14H2,(H2,22,28,29)/t16-,20?/m1/s1. The molecule has 1 fully saturated rings. The van der Waals surface area contributed by atoms with Crippen LogP contribution in [-0.4, -0.2) is 49.0 Å². The quantitative estimate of drug-likeness (QED) is 0.414. The molecular weight excluding hydrogens is 420 g/mol. The van der Waals surface area contributed by atoms with Crippen molar-refractivity contribution in [3.05, 3.63) is 53.9 Å². The molecule has 1 saturated heterocycles. The summed E-state index contributed by atoms with van der Waals surface area (Å²) in [5.41, 5.74) is 1.12. The van der Waals surface area contributed by atoms with Crippen LogP contribution in [0.3, 0.4) is 0 Å². The van der Waals surface area contributed by atoms with Crippen LogP contribution in [0.25, 0.3) is 0 Å². The SMILES string of the molecule is N#Cc1c(NS(N)(=O)=O)cccc1OC[C@H]1CCCCN1C(O)NCc1ccncc1. The zero-order valence-electron chi connectivity index (χ0n) is 16.9. The van der Waals surface area contributed by atoms with Gasteiger partial charge < -0.3 is 9.84 Å². The Morgan fingerprint density at radius 2 is 2.10 bits per heavy atom. The van der Waals surface area contributed by atoms with Crippen molar-refractivity contribution in [2.75, 3.05) is 17.9 Å². The smallest absolute Gasteiger partial charge is 0.296 e. The van der Waals surface area contributed by atoms with Crippen LogP contribution in [0.1, 0.15) is 30.4 Å². The highest BCUT2D eigenvalue weighted by molar-refractivity contribution is 7.90. The lowest BCUT2D eigenvalue weighted by Gasteiger charge is -2.38. The number of likely N-dealkylation sites (tertiary alicyclic amines) is 1. The fourth-order valence-corrected chi connectivity index (χ4v) is 4.02. The number of aliphatic hydroxyl groups excluding tert-OH is 1. The van der Waals surface area contributed by atoms with E-state index in [2.05, 4.69) is 15.0 Å². The predicted octanol–water partition coefficient (Wildman–Crippen LogP) is 0.868. The van der Waals surface area contributed by atoms with Crippen LogP contribution in [0.15, 0.2) is 42.7 Å². The second kappa shape index (κ2) is 10.5. The van der Waals surface area contributed by atoms with Crippen LogP contribution in [0, 0.1) is 11.3 Å². The lowest BCUT2D eigenvalue weighted by molar-refractivity contribution is -0.0719. The largest absolute Gasteiger partial charge is 0.490 e. The zero-order valence-corrected chi connectivity index (χ0v) is 17.8. The van der Waals surface area contributed by atoms with Crippen LogP contribution < -0.4 is 19.9 Å². The monoisotopic (exact) mass is 446 g/mol. The van der Waals surface area contributed by atoms with Gasteiger partial charge in [0.2, 0.25) is 0 Å². The van der Waals surface area contributed by atoms with Gasteiger partial charge in [-0.2, -0.15) is 13.7 Å². The summed E-state index contributed by atoms with van der Waals surface area (Å²) in [7, 11) is -4.02. The zero-order chi connectivity index (χ0) is 22.3. The van der Waals surface area contributed by atoms with Gasteiger partial charge in [0.15, 0.2) is 6.35 Å². The van der Waals surface area contributed by atoms with Crippen molar-refractivity contribution in [2.45, 2.75) is 38.2 Å². The molecule has 11 heteroatoms. The number of ether oxygens (including phenoxy) is 1. The van der Waals surface area contributed by atoms with Crippen molar-refractivity contribution in [1.29, 1.82) is 5.26 Å². The van der Waals surface area contributed by atoms with E-state index in [-0.39, 0.29) is 29.6 Å². The third kappa shape index (κ3) is 6.61. The van der Waals surface area contributed by atoms with Gasteiger partial charge in [-0.3, -0.25) is 19.9 Å². The summed E-state index contributed by atoms with van der Waals surface area (Å²) in [6.45, 7) is 1.44. The van der Waals surface area contributed by atoms with Gasteiger partial charge in [0.05, 0.1) is 5.69 Å². The molecule has 1 aromatic carbocycles. The molecule has 2 heterocycles. The molecule has 0 saturated carbocycles. The summed E-state index contributed by atoms with van der Waals surface area (Å²) in [5, 5.41) is 28.3. The van der Waals surface area contributed by atoms with Crippen LogP contribution in [0.2, 0.25) is 0 Å². The normalized spacial score (nSPS) is 18.2. The highest BCUT2D eigenvalue weighted by Gasteiger charge is 2.28. The van der Waals surface area contributed by atoms with E-state index in [0.717, 1.165) is 24.8 Å². The number of benzene rings is 1. The second-order valence-electron chi connectivity index (χ2n) is 7.25. The summed E-state index contributed by atoms with van der Waals surface area (Å²) in [5.74, 6) is 0.251. The number of nitrogens with zero attached hydrogens (tertiary/aromatic N) is 3. The van der Waals surface area contributed by atoms with Crippen LogP contribution in [0.5, 0.6) is 5.75 Å². The summed E-state index contributed by atoms with van der Waals surface area (Å²) < 4.78 is 30.7. The number of hydrogen-bond donors (Lipinski definition) is 4. The Morgan fingerprint density at radius 3 is 2.81 bits per heavy atom. The van der Waals surface area contributed by atoms with Crippen LogP contribution >= 0.6 is 0 Å². The van der Waals surface area contributed by atoms with E-state index in [1.165, 1.54) is 6.07 Å². The van der Waals surface area contributed by atoms with E-state index >= 15 is 0 Å². The minimum Gasteiger partial charge on any atom is -0.490 e. The minimum atomic E-state index is -4.02. The molecule has 1 unspecified atom stereocenters. The molecule has 0 radical (unpaired) electrons. The van der Waals surface area contributed by atoms with E-state index in [1.807, 2.05) is 23.1 Å². The molecule has 1 aliphatic rings. The number of hydrogen-bond acceptors (Lipinski definition) is 8. The Bertz CT molecular complexity index is 1010. The molecule has 166 valence electrons. The average molecular weight is 447 g/mol. The number of nitrogens with two attached hydrogens (primary N) is 1. The maximum absolute atomic E-state index is 11.3. The van der Waals surface area contributed by atoms with E-state index in [1.54, 1.807) is 24.5 Å². The lowest BCUT2D eigenvalue weighted by Crippen LogP contribution is -2.54. The Hall–Kier alpha value is -2.75. The van der Waals surface area contributed by atoms with Crippen molar-refractivity contribution in [1.82, 2.24) is 15.2 Å². The van der Waals surface area contributed by atoms with Gasteiger partial charge in [0.1, 0.15) is 24.0 Å². The highest BCUT2D eigenvalue weighted by atomic mass is 32.2. The predicted molar refractivity (Wildman–Crippen MR) is 115 cm³/mol. The maximum atomic E-state index is 11.3. The van der Waals surface area contributed by atoms with E-state index < -0.39 is 16.6 Å². The number of nitrogens with one attached hydrogen (secondary N) is 2. The highest BCUT2D eigenvalue weighted by Crippen LogP contribution is 2.27. The number of rotatable bonds is 9. The van der Waals surface area contributed by atoms with Gasteiger partial charge in [-0.1, -0.05) is 12.5 Å². The molecule has 1 aromatic heterocycles. The molecule has 2 aromatic rings. The van der Waals surface area contributed by atoms with Crippen LogP contribution in [0.4, 0.5) is 5.69 Å². The molecule has 1 aliphatic heterocycles. The first-order valence-electron chi connectivity index (χ1n) is 9.90. The van der Waals surface area contributed by atoms with E-state index in [4.69, 9.17) is 9.88 Å². The lowest BCUT2D eigenvalue weighted by atomic mass is 10.0. The first-order chi connectivity index (χ1) is 14.9. The Kier molecular flexibility index (Phi) is 7.78. The van der Waals surface area contributed by atoms with Crippen molar-refractivity contribution in [2.24, 2.45) is 5.14 Å². The van der Waals surface area contributed by atoms with Crippen LogP contribution in [-0.2, 0) is 16.8 Å². The average Bonchev–Trinajstić information content (AvgIpc) is 2.76. The third-order valence-corrected chi connectivity index (χ3v) is 5.55. The van der Waals surface area contributed by atoms with Gasteiger partial charge in [0.25, 0.3) is 10.2 Å². The topological polar surface area (TPSA) is 154 Å². The van der Waals surface area contributed by atoms with Gasteiger partial charge >= 0.3 is 0 Å². The summed E-state index contributed by atoms with van der Waals surface area (Å²) in [6, 6.07) is 10.3. The number of aliphatic hydroxyl groups is 1. The van der Waals surface area contributed by atoms with Gasteiger partial charge in [-0.25, -0.2) is 5.14 Å². The van der Waals surface area contributed by atoms with Crippen molar-refractivity contribution < 1.29 is 18.3 Å². The summed E-state index contributed by atoms with van der Waals surface area (Å²) >= 11 is 0. The molecule has 0 spiro atoms. The fourth-order valence-electron chi connectivity index (χ4n) is 3.54. The van der Waals surface area contributed by atoms with Gasteiger partial charge in [-0.15, -0.1) is 0 Å². The Balaban J connectivity index is 1.65. The molecule has 5 N–H and O–H groups in total. The first-order valence-corrected chi connectivity index (χ1v) is 11.4. The van der Waals surface area contributed by atoms with Gasteiger partial charge in [-0.05, 0) is 42.7 Å².